The molecule has 1 heteroatoms. The highest BCUT2D eigenvalue weighted by Crippen LogP contribution is 2.44. The van der Waals surface area contributed by atoms with Crippen LogP contribution >= 0.6 is 0 Å². The molecule has 210 valence electrons. The number of rotatable bonds is 4. The van der Waals surface area contributed by atoms with E-state index in [1.165, 1.54) is 0 Å². The molecule has 0 spiro atoms. The number of fused-ring (bicyclic) bond motifs is 5. The predicted molar refractivity (Wildman–Crippen MR) is 190 cm³/mol. The van der Waals surface area contributed by atoms with E-state index in [-0.39, 0.29) is 39.1 Å². The van der Waals surface area contributed by atoms with Crippen molar-refractivity contribution in [1.82, 2.24) is 0 Å². The minimum atomic E-state index is -0.652. The van der Waals surface area contributed by atoms with Crippen molar-refractivity contribution in [3.63, 3.8) is 0 Å². The van der Waals surface area contributed by atoms with Crippen molar-refractivity contribution >= 4 is 43.5 Å². The lowest BCUT2D eigenvalue weighted by atomic mass is 9.85. The average Bonchev–Trinajstić information content (AvgIpc) is 3.62. The molecule has 1 aromatic heterocycles. The summed E-state index contributed by atoms with van der Waals surface area (Å²) in [6.45, 7) is 0. The molecule has 1 nitrogen and oxygen atoms in total. The van der Waals surface area contributed by atoms with Crippen LogP contribution in [-0.4, -0.2) is 0 Å². The summed E-state index contributed by atoms with van der Waals surface area (Å²) in [5.41, 5.74) is 3.61. The standard InChI is InChI=1S/C44H28O/c1-3-12-29(13-4-1)33-26-27-39-41(28-33)45-40-21-11-20-34(44(39)40)30-22-24-32(25-23-30)43-37-18-9-7-16-35(37)42(31-14-5-2-6-15-31)36-17-8-10-19-38(36)43/h1-28H/i1D,3D,4D,11D,12D,13D,20D,21D,26D,27D,28D. The molecule has 8 aromatic carbocycles. The Morgan fingerprint density at radius 2 is 0.956 bits per heavy atom. The molecule has 0 unspecified atom stereocenters. The molecule has 0 N–H and O–H groups in total. The second-order valence-electron chi connectivity index (χ2n) is 10.8. The monoisotopic (exact) mass is 583 g/mol. The van der Waals surface area contributed by atoms with Gasteiger partial charge in [-0.25, -0.2) is 0 Å². The Bertz CT molecular complexity index is 3050. The summed E-state index contributed by atoms with van der Waals surface area (Å²) in [7, 11) is 0. The van der Waals surface area contributed by atoms with Gasteiger partial charge >= 0.3 is 0 Å². The molecular formula is C44H28O. The third-order valence-corrected chi connectivity index (χ3v) is 8.28. The Morgan fingerprint density at radius 1 is 0.378 bits per heavy atom. The normalized spacial score (nSPS) is 15.0. The fraction of sp³-hybridized carbons (Fsp3) is 0. The molecule has 0 atom stereocenters. The van der Waals surface area contributed by atoms with Crippen molar-refractivity contribution in [3.8, 4) is 44.5 Å². The third-order valence-electron chi connectivity index (χ3n) is 8.28. The lowest BCUT2D eigenvalue weighted by Crippen LogP contribution is -1.90. The van der Waals surface area contributed by atoms with Gasteiger partial charge in [-0.15, -0.1) is 0 Å². The van der Waals surface area contributed by atoms with E-state index in [1.54, 1.807) is 0 Å². The second kappa shape index (κ2) is 10.4. The van der Waals surface area contributed by atoms with Crippen LogP contribution in [0.2, 0.25) is 0 Å². The van der Waals surface area contributed by atoms with Gasteiger partial charge in [0.25, 0.3) is 0 Å². The molecule has 9 aromatic rings. The van der Waals surface area contributed by atoms with E-state index in [4.69, 9.17) is 19.5 Å². The van der Waals surface area contributed by atoms with Crippen molar-refractivity contribution in [3.05, 3.63) is 170 Å². The van der Waals surface area contributed by atoms with Gasteiger partial charge in [-0.2, -0.15) is 0 Å². The topological polar surface area (TPSA) is 13.1 Å². The van der Waals surface area contributed by atoms with Crippen LogP contribution in [0.5, 0.6) is 0 Å². The number of furan rings is 1. The van der Waals surface area contributed by atoms with Crippen molar-refractivity contribution in [2.45, 2.75) is 0 Å². The minimum absolute atomic E-state index is 0.0410. The summed E-state index contributed by atoms with van der Waals surface area (Å²) in [5, 5.41) is 4.35. The van der Waals surface area contributed by atoms with Crippen LogP contribution in [0.1, 0.15) is 15.1 Å². The Morgan fingerprint density at radius 3 is 1.60 bits per heavy atom. The van der Waals surface area contributed by atoms with Gasteiger partial charge in [0, 0.05) is 10.8 Å². The first-order chi connectivity index (χ1) is 26.9. The van der Waals surface area contributed by atoms with Gasteiger partial charge in [0.15, 0.2) is 0 Å². The largest absolute Gasteiger partial charge is 0.456 e. The Balaban J connectivity index is 1.29. The van der Waals surface area contributed by atoms with Crippen LogP contribution < -0.4 is 0 Å². The van der Waals surface area contributed by atoms with Gasteiger partial charge in [0.05, 0.1) is 15.1 Å². The smallest absolute Gasteiger partial charge is 0.136 e. The zero-order valence-electron chi connectivity index (χ0n) is 34.7. The third kappa shape index (κ3) is 4.17. The molecule has 0 saturated carbocycles. The molecule has 0 fully saturated rings. The first-order valence-electron chi connectivity index (χ1n) is 20.0. The first kappa shape index (κ1) is 16.8. The molecule has 0 aliphatic carbocycles. The van der Waals surface area contributed by atoms with Crippen molar-refractivity contribution in [2.24, 2.45) is 0 Å². The van der Waals surface area contributed by atoms with E-state index in [1.807, 2.05) is 66.7 Å². The van der Waals surface area contributed by atoms with E-state index in [0.29, 0.717) is 5.56 Å². The molecular weight excluding hydrogens is 544 g/mol. The Hall–Kier alpha value is -5.92. The van der Waals surface area contributed by atoms with Crippen LogP contribution in [-0.2, 0) is 0 Å². The molecule has 0 aliphatic heterocycles. The maximum atomic E-state index is 9.14. The van der Waals surface area contributed by atoms with Gasteiger partial charge < -0.3 is 4.42 Å². The van der Waals surface area contributed by atoms with E-state index in [0.717, 1.165) is 43.8 Å². The highest BCUT2D eigenvalue weighted by molar-refractivity contribution is 6.21. The Kier molecular flexibility index (Phi) is 3.87. The molecule has 45 heavy (non-hydrogen) atoms. The molecule has 0 bridgehead atoms. The van der Waals surface area contributed by atoms with E-state index in [9.17, 15) is 0 Å². The summed E-state index contributed by atoms with van der Waals surface area (Å²) < 4.78 is 101. The SMILES string of the molecule is [2H]c1c([2H])c([2H])c(-c2c([2H])c([2H])c3c(oc4c([2H])c([2H])c([2H])c(-c5ccc(-c6c7ccccc7c(-c7ccccc7)c7ccccc67)cc5)c43)c2[2H])c([2H])c1[2H]. The average molecular weight is 584 g/mol. The zero-order valence-corrected chi connectivity index (χ0v) is 23.7. The zero-order chi connectivity index (χ0) is 39.3. The second-order valence-corrected chi connectivity index (χ2v) is 10.8. The van der Waals surface area contributed by atoms with E-state index < -0.39 is 66.0 Å². The van der Waals surface area contributed by atoms with Gasteiger partial charge in [-0.05, 0) is 84.2 Å². The van der Waals surface area contributed by atoms with Crippen LogP contribution in [0.3, 0.4) is 0 Å². The summed E-state index contributed by atoms with van der Waals surface area (Å²) in [4.78, 5) is 0. The van der Waals surface area contributed by atoms with Gasteiger partial charge in [0.2, 0.25) is 0 Å². The maximum absolute atomic E-state index is 9.14. The maximum Gasteiger partial charge on any atom is 0.136 e. The number of hydrogen-bond acceptors (Lipinski definition) is 1. The lowest BCUT2D eigenvalue weighted by Gasteiger charge is -2.18. The van der Waals surface area contributed by atoms with Gasteiger partial charge in [0.1, 0.15) is 11.2 Å². The summed E-state index contributed by atoms with van der Waals surface area (Å²) >= 11 is 0. The molecule has 0 radical (unpaired) electrons. The highest BCUT2D eigenvalue weighted by atomic mass is 16.3. The van der Waals surface area contributed by atoms with E-state index >= 15 is 0 Å². The van der Waals surface area contributed by atoms with Gasteiger partial charge in [-0.3, -0.25) is 0 Å². The van der Waals surface area contributed by atoms with Crippen LogP contribution in [0.4, 0.5) is 0 Å². The fourth-order valence-electron chi connectivity index (χ4n) is 6.32. The molecule has 0 aliphatic rings. The van der Waals surface area contributed by atoms with Crippen molar-refractivity contribution < 1.29 is 19.5 Å². The summed E-state index contributed by atoms with van der Waals surface area (Å²) in [6, 6.07) is 28.4. The molecule has 9 rings (SSSR count). The number of benzene rings is 8. The highest BCUT2D eigenvalue weighted by Gasteiger charge is 2.17. The molecule has 0 saturated heterocycles. The summed E-state index contributed by atoms with van der Waals surface area (Å²) in [5.74, 6) is 0. The lowest BCUT2D eigenvalue weighted by molar-refractivity contribution is 0.669. The Labute approximate surface area is 277 Å². The first-order valence-corrected chi connectivity index (χ1v) is 14.5. The van der Waals surface area contributed by atoms with Gasteiger partial charge in [-0.1, -0.05) is 151 Å². The van der Waals surface area contributed by atoms with E-state index in [2.05, 4.69) is 36.4 Å². The minimum Gasteiger partial charge on any atom is -0.456 e. The predicted octanol–water partition coefficient (Wildman–Crippen LogP) is 12.6. The van der Waals surface area contributed by atoms with Crippen molar-refractivity contribution in [1.29, 1.82) is 0 Å². The fourth-order valence-corrected chi connectivity index (χ4v) is 6.32. The number of hydrogen-bond donors (Lipinski definition) is 0. The van der Waals surface area contributed by atoms with Crippen molar-refractivity contribution in [2.75, 3.05) is 0 Å². The van der Waals surface area contributed by atoms with Crippen LogP contribution in [0.25, 0.3) is 88.0 Å². The van der Waals surface area contributed by atoms with Crippen LogP contribution in [0.15, 0.2) is 174 Å². The molecule has 1 heterocycles. The van der Waals surface area contributed by atoms with Crippen LogP contribution in [0, 0.1) is 0 Å². The summed E-state index contributed by atoms with van der Waals surface area (Å²) in [6.07, 6.45) is 0. The molecule has 0 amide bonds. The quantitative estimate of drug-likeness (QED) is 0.188.